The van der Waals surface area contributed by atoms with Crippen LogP contribution < -0.4 is 5.32 Å². The number of rotatable bonds is 8. The molecular formula is C33H51N5O5Si. The number of nitrogens with one attached hydrogen (secondary N) is 1. The number of hydrogen-bond acceptors (Lipinski definition) is 7. The first kappa shape index (κ1) is 33.7. The van der Waals surface area contributed by atoms with Gasteiger partial charge in [0.1, 0.15) is 5.76 Å². The molecule has 1 saturated heterocycles. The zero-order valence-corrected chi connectivity index (χ0v) is 29.5. The molecule has 1 aliphatic rings. The Morgan fingerprint density at radius 3 is 2.32 bits per heavy atom. The molecule has 0 unspecified atom stereocenters. The van der Waals surface area contributed by atoms with Gasteiger partial charge in [-0.05, 0) is 83.3 Å². The summed E-state index contributed by atoms with van der Waals surface area (Å²) in [5.41, 5.74) is 4.07. The molecule has 1 aromatic carbocycles. The highest BCUT2D eigenvalue weighted by molar-refractivity contribution is 6.74. The van der Waals surface area contributed by atoms with Gasteiger partial charge in [0.15, 0.2) is 20.2 Å². The largest absolute Gasteiger partial charge is 0.438 e. The Morgan fingerprint density at radius 1 is 1.11 bits per heavy atom. The highest BCUT2D eigenvalue weighted by atomic mass is 28.4. The molecule has 1 aliphatic heterocycles. The summed E-state index contributed by atoms with van der Waals surface area (Å²) in [6, 6.07) is 6.31. The molecular weight excluding hydrogens is 574 g/mol. The van der Waals surface area contributed by atoms with Crippen LogP contribution in [0.5, 0.6) is 0 Å². The molecule has 4 rings (SSSR count). The second kappa shape index (κ2) is 12.7. The Labute approximate surface area is 263 Å². The third kappa shape index (κ3) is 7.54. The van der Waals surface area contributed by atoms with Gasteiger partial charge in [-0.1, -0.05) is 32.0 Å². The van der Waals surface area contributed by atoms with Crippen molar-refractivity contribution in [2.45, 2.75) is 117 Å². The molecule has 10 nitrogen and oxygen atoms in total. The predicted octanol–water partition coefficient (Wildman–Crippen LogP) is 7.47. The van der Waals surface area contributed by atoms with Gasteiger partial charge in [0.05, 0.1) is 16.7 Å². The van der Waals surface area contributed by atoms with Crippen LogP contribution in [0.25, 0.3) is 22.2 Å². The summed E-state index contributed by atoms with van der Waals surface area (Å²) in [5.74, 6) is 1.53. The van der Waals surface area contributed by atoms with Crippen LogP contribution in [-0.4, -0.2) is 65.2 Å². The van der Waals surface area contributed by atoms with E-state index in [2.05, 4.69) is 67.1 Å². The summed E-state index contributed by atoms with van der Waals surface area (Å²) in [6.45, 7) is 24.1. The minimum atomic E-state index is -2.03. The number of aromatic nitrogens is 3. The molecule has 0 aliphatic carbocycles. The number of benzene rings is 1. The predicted molar refractivity (Wildman–Crippen MR) is 175 cm³/mol. The molecule has 1 atom stereocenters. The number of likely N-dealkylation sites (tertiary alicyclic amines) is 1. The molecule has 0 saturated carbocycles. The summed E-state index contributed by atoms with van der Waals surface area (Å²) < 4.78 is 20.4. The number of hydrogen-bond donors (Lipinski definition) is 1. The van der Waals surface area contributed by atoms with Gasteiger partial charge in [-0.2, -0.15) is 0 Å². The van der Waals surface area contributed by atoms with Gasteiger partial charge in [-0.25, -0.2) is 9.78 Å². The van der Waals surface area contributed by atoms with E-state index in [1.165, 1.54) is 0 Å². The van der Waals surface area contributed by atoms with Gasteiger partial charge in [-0.15, -0.1) is 0 Å². The SMILES string of the molecule is CC(=O)N1CCC(n2c([C@H](CCO[Si](C)(C)C(C)(C)C)OC(=O)NC(C)(C)C)nc3cc(-c4c(C)noc4C)ccc32)CC1. The third-order valence-electron chi connectivity index (χ3n) is 8.98. The zero-order chi connectivity index (χ0) is 32.6. The molecule has 242 valence electrons. The van der Waals surface area contributed by atoms with Crippen molar-refractivity contribution >= 4 is 31.4 Å². The number of amides is 2. The van der Waals surface area contributed by atoms with Crippen molar-refractivity contribution in [2.24, 2.45) is 0 Å². The lowest BCUT2D eigenvalue weighted by molar-refractivity contribution is -0.130. The summed E-state index contributed by atoms with van der Waals surface area (Å²) in [4.78, 5) is 32.4. The third-order valence-corrected chi connectivity index (χ3v) is 13.5. The van der Waals surface area contributed by atoms with Crippen molar-refractivity contribution in [2.75, 3.05) is 19.7 Å². The van der Waals surface area contributed by atoms with Gasteiger partial charge in [0.2, 0.25) is 5.91 Å². The van der Waals surface area contributed by atoms with E-state index in [1.807, 2.05) is 39.5 Å². The first-order valence-corrected chi connectivity index (χ1v) is 18.6. The van der Waals surface area contributed by atoms with Gasteiger partial charge in [-0.3, -0.25) is 4.79 Å². The first-order chi connectivity index (χ1) is 20.4. The number of fused-ring (bicyclic) bond motifs is 1. The van der Waals surface area contributed by atoms with Crippen molar-refractivity contribution in [1.82, 2.24) is 24.9 Å². The van der Waals surface area contributed by atoms with Crippen LogP contribution in [0, 0.1) is 13.8 Å². The molecule has 2 aromatic heterocycles. The van der Waals surface area contributed by atoms with E-state index in [0.29, 0.717) is 31.9 Å². The smallest absolute Gasteiger partial charge is 0.408 e. The van der Waals surface area contributed by atoms with E-state index in [1.54, 1.807) is 6.92 Å². The highest BCUT2D eigenvalue weighted by Gasteiger charge is 2.38. The topological polar surface area (TPSA) is 112 Å². The maximum atomic E-state index is 13.2. The average Bonchev–Trinajstić information content (AvgIpc) is 3.45. The molecule has 11 heteroatoms. The van der Waals surface area contributed by atoms with Crippen LogP contribution in [0.3, 0.4) is 0 Å². The Kier molecular flexibility index (Phi) is 9.70. The number of carbonyl (C=O) groups excluding carboxylic acids is 2. The number of alkyl carbamates (subject to hydrolysis) is 1. The fraction of sp³-hybridized carbons (Fsp3) is 0.636. The lowest BCUT2D eigenvalue weighted by Gasteiger charge is -2.36. The molecule has 1 fully saturated rings. The van der Waals surface area contributed by atoms with E-state index in [4.69, 9.17) is 18.7 Å². The summed E-state index contributed by atoms with van der Waals surface area (Å²) >= 11 is 0. The maximum absolute atomic E-state index is 13.2. The molecule has 2 amide bonds. The lowest BCUT2D eigenvalue weighted by atomic mass is 10.0. The summed E-state index contributed by atoms with van der Waals surface area (Å²) in [5, 5.41) is 7.15. The van der Waals surface area contributed by atoms with E-state index < -0.39 is 26.1 Å². The number of carbonyl (C=O) groups is 2. The van der Waals surface area contributed by atoms with Gasteiger partial charge >= 0.3 is 6.09 Å². The van der Waals surface area contributed by atoms with Crippen LogP contribution in [-0.2, 0) is 14.0 Å². The van der Waals surface area contributed by atoms with E-state index in [0.717, 1.165) is 46.5 Å². The zero-order valence-electron chi connectivity index (χ0n) is 28.5. The van der Waals surface area contributed by atoms with Crippen molar-refractivity contribution in [3.05, 3.63) is 35.5 Å². The average molecular weight is 626 g/mol. The molecule has 0 spiro atoms. The van der Waals surface area contributed by atoms with Crippen LogP contribution in [0.1, 0.15) is 97.2 Å². The number of imidazole rings is 1. The lowest BCUT2D eigenvalue weighted by Crippen LogP contribution is -2.42. The van der Waals surface area contributed by atoms with Crippen LogP contribution >= 0.6 is 0 Å². The summed E-state index contributed by atoms with van der Waals surface area (Å²) in [7, 11) is -2.03. The number of aryl methyl sites for hydroxylation is 2. The summed E-state index contributed by atoms with van der Waals surface area (Å²) in [6.07, 6.45) is 0.908. The van der Waals surface area contributed by atoms with Crippen LogP contribution in [0.4, 0.5) is 4.79 Å². The van der Waals surface area contributed by atoms with Crippen LogP contribution in [0.2, 0.25) is 18.1 Å². The van der Waals surface area contributed by atoms with Crippen molar-refractivity contribution < 1.29 is 23.3 Å². The van der Waals surface area contributed by atoms with Crippen molar-refractivity contribution in [3.8, 4) is 11.1 Å². The highest BCUT2D eigenvalue weighted by Crippen LogP contribution is 2.39. The van der Waals surface area contributed by atoms with E-state index in [-0.39, 0.29) is 17.0 Å². The van der Waals surface area contributed by atoms with Gasteiger partial charge < -0.3 is 28.5 Å². The molecule has 44 heavy (non-hydrogen) atoms. The standard InChI is InChI=1S/C33H51N5O5Si/c1-21-29(22(2)43-36-21)24-12-13-27-26(20-24)34-30(38(27)25-14-17-37(18-15-25)23(3)39)28(42-31(40)35-32(4,5)6)16-19-41-44(10,11)33(7,8)9/h12-13,20,25,28H,14-19H2,1-11H3,(H,35,40)/t28-/m0/s1. The Hall–Kier alpha value is -3.18. The number of piperidine rings is 1. The molecule has 0 radical (unpaired) electrons. The fourth-order valence-corrected chi connectivity index (χ4v) is 6.62. The number of nitrogens with zero attached hydrogens (tertiary/aromatic N) is 4. The van der Waals surface area contributed by atoms with Crippen molar-refractivity contribution in [3.63, 3.8) is 0 Å². The first-order valence-electron chi connectivity index (χ1n) is 15.7. The minimum Gasteiger partial charge on any atom is -0.438 e. The maximum Gasteiger partial charge on any atom is 0.408 e. The second-order valence-electron chi connectivity index (χ2n) is 14.6. The van der Waals surface area contributed by atoms with Gasteiger partial charge in [0, 0.05) is 50.2 Å². The fourth-order valence-electron chi connectivity index (χ4n) is 5.56. The molecule has 3 heterocycles. The quantitative estimate of drug-likeness (QED) is 0.259. The Balaban J connectivity index is 1.79. The van der Waals surface area contributed by atoms with Crippen molar-refractivity contribution in [1.29, 1.82) is 0 Å². The van der Waals surface area contributed by atoms with Crippen LogP contribution in [0.15, 0.2) is 22.7 Å². The molecule has 0 bridgehead atoms. The second-order valence-corrected chi connectivity index (χ2v) is 19.5. The molecule has 1 N–H and O–H groups in total. The Morgan fingerprint density at radius 2 is 1.77 bits per heavy atom. The monoisotopic (exact) mass is 625 g/mol. The minimum absolute atomic E-state index is 0.0550. The number of ether oxygens (including phenoxy) is 1. The van der Waals surface area contributed by atoms with Gasteiger partial charge in [0.25, 0.3) is 0 Å². The normalized spacial score (nSPS) is 15.9. The Bertz CT molecular complexity index is 1470. The van der Waals surface area contributed by atoms with E-state index >= 15 is 0 Å². The van der Waals surface area contributed by atoms with E-state index in [9.17, 15) is 9.59 Å². The molecule has 3 aromatic rings.